The molecule has 8 heteroatoms. The number of piperidine rings is 1. The maximum Gasteiger partial charge on any atom is 0.256 e. The molecule has 3 amide bonds. The van der Waals surface area contributed by atoms with Crippen molar-refractivity contribution in [2.75, 3.05) is 26.8 Å². The number of hydrogen-bond acceptors (Lipinski definition) is 5. The van der Waals surface area contributed by atoms with Gasteiger partial charge in [0.1, 0.15) is 17.5 Å². The molecule has 1 N–H and O–H groups in total. The Kier molecular flexibility index (Phi) is 7.40. The fourth-order valence-electron chi connectivity index (χ4n) is 4.73. The Balaban J connectivity index is 1.55. The van der Waals surface area contributed by atoms with Gasteiger partial charge in [-0.25, -0.2) is 0 Å². The molecule has 0 radical (unpaired) electrons. The summed E-state index contributed by atoms with van der Waals surface area (Å²) >= 11 is 0. The normalized spacial score (nSPS) is 19.9. The molecule has 4 rings (SSSR count). The molecule has 0 unspecified atom stereocenters. The zero-order valence-electron chi connectivity index (χ0n) is 20.5. The van der Waals surface area contributed by atoms with Gasteiger partial charge >= 0.3 is 0 Å². The van der Waals surface area contributed by atoms with E-state index in [-0.39, 0.29) is 30.4 Å². The van der Waals surface area contributed by atoms with Crippen LogP contribution >= 0.6 is 0 Å². The standard InChI is InChI=1S/C27H33N3O5/c1-4-19(2)28-24(31)23-18-35-27(30(23)26(33)20-9-6-5-7-10-20)13-15-29(16-14-27)25(32)21-11-8-12-22(17-21)34-3/h5-12,17,19,23H,4,13-16,18H2,1-3H3,(H,28,31)/t19-,23+/m1/s1. The molecule has 2 aromatic carbocycles. The fourth-order valence-corrected chi connectivity index (χ4v) is 4.73. The molecule has 0 aliphatic carbocycles. The first kappa shape index (κ1) is 24.7. The SMILES string of the molecule is CC[C@@H](C)NC(=O)[C@@H]1COC2(CCN(C(=O)c3cccc(OC)c3)CC2)N1C(=O)c1ccccc1. The summed E-state index contributed by atoms with van der Waals surface area (Å²) in [6.45, 7) is 4.89. The van der Waals surface area contributed by atoms with E-state index in [2.05, 4.69) is 5.32 Å². The van der Waals surface area contributed by atoms with Crippen LogP contribution in [0.15, 0.2) is 54.6 Å². The summed E-state index contributed by atoms with van der Waals surface area (Å²) in [5.74, 6) is 0.0809. The number of carbonyl (C=O) groups excluding carboxylic acids is 3. The summed E-state index contributed by atoms with van der Waals surface area (Å²) < 4.78 is 11.5. The molecule has 2 aliphatic heterocycles. The first-order valence-corrected chi connectivity index (χ1v) is 12.1. The monoisotopic (exact) mass is 479 g/mol. The summed E-state index contributed by atoms with van der Waals surface area (Å²) in [4.78, 5) is 43.3. The molecule has 2 heterocycles. The molecule has 35 heavy (non-hydrogen) atoms. The highest BCUT2D eigenvalue weighted by Gasteiger charge is 2.54. The highest BCUT2D eigenvalue weighted by molar-refractivity contribution is 5.98. The zero-order chi connectivity index (χ0) is 25.0. The maximum atomic E-state index is 13.7. The van der Waals surface area contributed by atoms with E-state index in [1.54, 1.807) is 65.4 Å². The first-order valence-electron chi connectivity index (χ1n) is 12.1. The van der Waals surface area contributed by atoms with E-state index in [1.807, 2.05) is 19.9 Å². The average Bonchev–Trinajstić information content (AvgIpc) is 3.27. The van der Waals surface area contributed by atoms with Gasteiger partial charge in [0.2, 0.25) is 5.91 Å². The number of nitrogens with one attached hydrogen (secondary N) is 1. The molecule has 2 aliphatic rings. The van der Waals surface area contributed by atoms with Crippen molar-refractivity contribution in [3.63, 3.8) is 0 Å². The minimum absolute atomic E-state index is 0.00457. The van der Waals surface area contributed by atoms with Gasteiger partial charge < -0.3 is 19.7 Å². The summed E-state index contributed by atoms with van der Waals surface area (Å²) in [5.41, 5.74) is 0.125. The highest BCUT2D eigenvalue weighted by atomic mass is 16.5. The topological polar surface area (TPSA) is 88.2 Å². The van der Waals surface area contributed by atoms with Crippen LogP contribution in [0.1, 0.15) is 53.8 Å². The van der Waals surface area contributed by atoms with Gasteiger partial charge in [0.25, 0.3) is 11.8 Å². The van der Waals surface area contributed by atoms with Gasteiger partial charge in [0, 0.05) is 43.1 Å². The van der Waals surface area contributed by atoms with Gasteiger partial charge in [-0.3, -0.25) is 19.3 Å². The van der Waals surface area contributed by atoms with E-state index in [9.17, 15) is 14.4 Å². The van der Waals surface area contributed by atoms with E-state index in [4.69, 9.17) is 9.47 Å². The van der Waals surface area contributed by atoms with Crippen LogP contribution in [-0.2, 0) is 9.53 Å². The van der Waals surface area contributed by atoms with Crippen LogP contribution in [0, 0.1) is 0 Å². The van der Waals surface area contributed by atoms with Crippen molar-refractivity contribution < 1.29 is 23.9 Å². The zero-order valence-corrected chi connectivity index (χ0v) is 20.5. The van der Waals surface area contributed by atoms with E-state index < -0.39 is 11.8 Å². The average molecular weight is 480 g/mol. The molecule has 0 bridgehead atoms. The van der Waals surface area contributed by atoms with Gasteiger partial charge in [-0.05, 0) is 43.7 Å². The number of methoxy groups -OCH3 is 1. The third kappa shape index (κ3) is 5.03. The van der Waals surface area contributed by atoms with Gasteiger partial charge in [-0.1, -0.05) is 31.2 Å². The minimum atomic E-state index is -0.935. The number of ether oxygens (including phenoxy) is 2. The van der Waals surface area contributed by atoms with E-state index >= 15 is 0 Å². The van der Waals surface area contributed by atoms with Crippen molar-refractivity contribution in [1.29, 1.82) is 0 Å². The molecule has 0 aromatic heterocycles. The maximum absolute atomic E-state index is 13.7. The minimum Gasteiger partial charge on any atom is -0.497 e. The summed E-state index contributed by atoms with van der Waals surface area (Å²) in [6.07, 6.45) is 1.64. The Morgan fingerprint density at radius 2 is 1.74 bits per heavy atom. The molecule has 0 saturated carbocycles. The Morgan fingerprint density at radius 1 is 1.06 bits per heavy atom. The number of hydrogen-bond donors (Lipinski definition) is 1. The number of carbonyl (C=O) groups is 3. The quantitative estimate of drug-likeness (QED) is 0.688. The Hall–Kier alpha value is -3.39. The second kappa shape index (κ2) is 10.5. The molecular weight excluding hydrogens is 446 g/mol. The van der Waals surface area contributed by atoms with Crippen molar-refractivity contribution in [3.8, 4) is 5.75 Å². The third-order valence-corrected chi connectivity index (χ3v) is 6.95. The van der Waals surface area contributed by atoms with Crippen LogP contribution in [0.2, 0.25) is 0 Å². The van der Waals surface area contributed by atoms with Gasteiger partial charge in [0.15, 0.2) is 0 Å². The third-order valence-electron chi connectivity index (χ3n) is 6.95. The van der Waals surface area contributed by atoms with Crippen LogP contribution in [0.5, 0.6) is 5.75 Å². The van der Waals surface area contributed by atoms with Crippen LogP contribution < -0.4 is 10.1 Å². The summed E-state index contributed by atoms with van der Waals surface area (Å²) in [7, 11) is 1.57. The van der Waals surface area contributed by atoms with Crippen LogP contribution in [0.3, 0.4) is 0 Å². The van der Waals surface area contributed by atoms with Gasteiger partial charge in [-0.15, -0.1) is 0 Å². The molecule has 8 nitrogen and oxygen atoms in total. The Morgan fingerprint density at radius 3 is 2.40 bits per heavy atom. The largest absolute Gasteiger partial charge is 0.497 e. The van der Waals surface area contributed by atoms with Crippen molar-refractivity contribution in [1.82, 2.24) is 15.1 Å². The van der Waals surface area contributed by atoms with Crippen molar-refractivity contribution in [3.05, 3.63) is 65.7 Å². The number of likely N-dealkylation sites (tertiary alicyclic amines) is 1. The molecular formula is C27H33N3O5. The molecule has 2 aromatic rings. The number of nitrogens with zero attached hydrogens (tertiary/aromatic N) is 2. The summed E-state index contributed by atoms with van der Waals surface area (Å²) in [5, 5.41) is 3.00. The van der Waals surface area contributed by atoms with Crippen LogP contribution in [0.25, 0.3) is 0 Å². The summed E-state index contributed by atoms with van der Waals surface area (Å²) in [6, 6.07) is 15.3. The van der Waals surface area contributed by atoms with Gasteiger partial charge in [-0.2, -0.15) is 0 Å². The predicted octanol–water partition coefficient (Wildman–Crippen LogP) is 3.08. The van der Waals surface area contributed by atoms with Crippen molar-refractivity contribution in [2.24, 2.45) is 0 Å². The second-order valence-corrected chi connectivity index (χ2v) is 9.16. The lowest BCUT2D eigenvalue weighted by Crippen LogP contribution is -2.60. The van der Waals surface area contributed by atoms with Crippen molar-refractivity contribution in [2.45, 2.75) is 50.9 Å². The van der Waals surface area contributed by atoms with E-state index in [1.165, 1.54) is 0 Å². The lowest BCUT2D eigenvalue weighted by Gasteiger charge is -2.44. The lowest BCUT2D eigenvalue weighted by molar-refractivity contribution is -0.128. The van der Waals surface area contributed by atoms with Crippen LogP contribution in [0.4, 0.5) is 0 Å². The highest BCUT2D eigenvalue weighted by Crippen LogP contribution is 2.39. The second-order valence-electron chi connectivity index (χ2n) is 9.16. The smallest absolute Gasteiger partial charge is 0.256 e. The van der Waals surface area contributed by atoms with Gasteiger partial charge in [0.05, 0.1) is 13.7 Å². The van der Waals surface area contributed by atoms with Crippen molar-refractivity contribution >= 4 is 17.7 Å². The fraction of sp³-hybridized carbons (Fsp3) is 0.444. The number of rotatable bonds is 6. The Bertz CT molecular complexity index is 1070. The predicted molar refractivity (Wildman–Crippen MR) is 131 cm³/mol. The molecule has 2 fully saturated rings. The first-order chi connectivity index (χ1) is 16.9. The van der Waals surface area contributed by atoms with E-state index in [0.717, 1.165) is 6.42 Å². The number of benzene rings is 2. The molecule has 2 saturated heterocycles. The lowest BCUT2D eigenvalue weighted by atomic mass is 9.96. The molecule has 1 spiro atoms. The van der Waals surface area contributed by atoms with E-state index in [0.29, 0.717) is 42.8 Å². The van der Waals surface area contributed by atoms with Crippen LogP contribution in [-0.4, -0.2) is 72.1 Å². The molecule has 186 valence electrons. The molecule has 2 atom stereocenters. The Labute approximate surface area is 206 Å². The number of amides is 3.